The normalized spacial score (nSPS) is 10.6. The molecule has 1 heterocycles. The van der Waals surface area contributed by atoms with E-state index in [1.807, 2.05) is 18.2 Å². The Bertz CT molecular complexity index is 423. The highest BCUT2D eigenvalue weighted by Crippen LogP contribution is 2.11. The summed E-state index contributed by atoms with van der Waals surface area (Å²) < 4.78 is 5.62. The Labute approximate surface area is 95.3 Å². The standard InChI is InChI=1S/C13H16N2O/c14-8-4-7-13-15-10-12(16-13)9-11-5-2-1-3-6-11/h1-3,5-6,10H,4,7-9,14H2. The lowest BCUT2D eigenvalue weighted by atomic mass is 10.1. The average Bonchev–Trinajstić information content (AvgIpc) is 2.75. The quantitative estimate of drug-likeness (QED) is 0.833. The minimum absolute atomic E-state index is 0.677. The third-order valence-corrected chi connectivity index (χ3v) is 2.42. The highest BCUT2D eigenvalue weighted by atomic mass is 16.4. The summed E-state index contributed by atoms with van der Waals surface area (Å²) in [7, 11) is 0. The summed E-state index contributed by atoms with van der Waals surface area (Å²) in [6.07, 6.45) is 4.35. The first-order valence-corrected chi connectivity index (χ1v) is 5.56. The maximum Gasteiger partial charge on any atom is 0.194 e. The van der Waals surface area contributed by atoms with Crippen molar-refractivity contribution in [1.82, 2.24) is 4.98 Å². The third-order valence-electron chi connectivity index (χ3n) is 2.42. The largest absolute Gasteiger partial charge is 0.445 e. The van der Waals surface area contributed by atoms with Gasteiger partial charge in [0.15, 0.2) is 5.89 Å². The van der Waals surface area contributed by atoms with Gasteiger partial charge in [0.05, 0.1) is 6.20 Å². The van der Waals surface area contributed by atoms with Gasteiger partial charge >= 0.3 is 0 Å². The highest BCUT2D eigenvalue weighted by molar-refractivity contribution is 5.19. The van der Waals surface area contributed by atoms with Crippen molar-refractivity contribution in [1.29, 1.82) is 0 Å². The Morgan fingerprint density at radius 1 is 1.19 bits per heavy atom. The Morgan fingerprint density at radius 2 is 2.00 bits per heavy atom. The van der Waals surface area contributed by atoms with Crippen LogP contribution in [0.2, 0.25) is 0 Å². The van der Waals surface area contributed by atoms with Gasteiger partial charge in [0, 0.05) is 12.8 Å². The van der Waals surface area contributed by atoms with E-state index in [-0.39, 0.29) is 0 Å². The van der Waals surface area contributed by atoms with Crippen molar-refractivity contribution in [3.05, 3.63) is 53.7 Å². The van der Waals surface area contributed by atoms with E-state index in [1.54, 1.807) is 6.20 Å². The van der Waals surface area contributed by atoms with Gasteiger partial charge in [-0.1, -0.05) is 30.3 Å². The lowest BCUT2D eigenvalue weighted by molar-refractivity contribution is 0.457. The lowest BCUT2D eigenvalue weighted by Gasteiger charge is -1.96. The number of aryl methyl sites for hydroxylation is 1. The van der Waals surface area contributed by atoms with Crippen molar-refractivity contribution in [2.24, 2.45) is 5.73 Å². The molecule has 0 bridgehead atoms. The summed E-state index contributed by atoms with van der Waals surface area (Å²) in [5, 5.41) is 0. The maximum absolute atomic E-state index is 5.62. The van der Waals surface area contributed by atoms with Crippen LogP contribution in [0.3, 0.4) is 0 Å². The number of aromatic nitrogens is 1. The van der Waals surface area contributed by atoms with E-state index in [4.69, 9.17) is 10.2 Å². The van der Waals surface area contributed by atoms with Gasteiger partial charge in [-0.15, -0.1) is 0 Å². The van der Waals surface area contributed by atoms with E-state index >= 15 is 0 Å². The van der Waals surface area contributed by atoms with Gasteiger partial charge < -0.3 is 10.2 Å². The fraction of sp³-hybridized carbons (Fsp3) is 0.308. The summed E-state index contributed by atoms with van der Waals surface area (Å²) in [6, 6.07) is 10.2. The molecule has 0 radical (unpaired) electrons. The molecule has 1 aromatic heterocycles. The van der Waals surface area contributed by atoms with Crippen LogP contribution < -0.4 is 5.73 Å². The number of benzene rings is 1. The number of nitrogens with two attached hydrogens (primary N) is 1. The predicted molar refractivity (Wildman–Crippen MR) is 63.1 cm³/mol. The first kappa shape index (κ1) is 10.9. The molecule has 0 aliphatic carbocycles. The summed E-state index contributed by atoms with van der Waals surface area (Å²) in [5.74, 6) is 1.70. The molecule has 3 heteroatoms. The van der Waals surface area contributed by atoms with Gasteiger partial charge in [-0.2, -0.15) is 0 Å². The van der Waals surface area contributed by atoms with Crippen molar-refractivity contribution in [3.8, 4) is 0 Å². The number of oxazole rings is 1. The molecule has 84 valence electrons. The van der Waals surface area contributed by atoms with E-state index in [0.717, 1.165) is 30.9 Å². The number of rotatable bonds is 5. The molecular formula is C13H16N2O. The Morgan fingerprint density at radius 3 is 2.75 bits per heavy atom. The van der Waals surface area contributed by atoms with Crippen LogP contribution in [0.15, 0.2) is 40.9 Å². The zero-order chi connectivity index (χ0) is 11.2. The highest BCUT2D eigenvalue weighted by Gasteiger charge is 2.04. The summed E-state index contributed by atoms with van der Waals surface area (Å²) in [4.78, 5) is 4.23. The van der Waals surface area contributed by atoms with Crippen LogP contribution in [0.25, 0.3) is 0 Å². The van der Waals surface area contributed by atoms with Gasteiger partial charge in [-0.05, 0) is 18.5 Å². The summed E-state index contributed by atoms with van der Waals surface area (Å²) in [6.45, 7) is 0.677. The van der Waals surface area contributed by atoms with Crippen LogP contribution in [0.5, 0.6) is 0 Å². The van der Waals surface area contributed by atoms with Crippen LogP contribution in [-0.2, 0) is 12.8 Å². The zero-order valence-corrected chi connectivity index (χ0v) is 9.23. The summed E-state index contributed by atoms with van der Waals surface area (Å²) in [5.41, 5.74) is 6.68. The van der Waals surface area contributed by atoms with Crippen LogP contribution >= 0.6 is 0 Å². The molecular weight excluding hydrogens is 200 g/mol. The van der Waals surface area contributed by atoms with Gasteiger partial charge in [-0.25, -0.2) is 4.98 Å². The first-order chi connectivity index (χ1) is 7.88. The van der Waals surface area contributed by atoms with Crippen molar-refractivity contribution >= 4 is 0 Å². The molecule has 0 saturated carbocycles. The van der Waals surface area contributed by atoms with E-state index < -0.39 is 0 Å². The Balaban J connectivity index is 1.97. The van der Waals surface area contributed by atoms with E-state index in [9.17, 15) is 0 Å². The molecule has 2 rings (SSSR count). The van der Waals surface area contributed by atoms with Crippen LogP contribution in [0.1, 0.15) is 23.6 Å². The monoisotopic (exact) mass is 216 g/mol. The molecule has 0 spiro atoms. The van der Waals surface area contributed by atoms with Crippen molar-refractivity contribution in [2.45, 2.75) is 19.3 Å². The molecule has 0 saturated heterocycles. The molecule has 0 aliphatic heterocycles. The first-order valence-electron chi connectivity index (χ1n) is 5.56. The van der Waals surface area contributed by atoms with E-state index in [2.05, 4.69) is 17.1 Å². The fourth-order valence-electron chi connectivity index (χ4n) is 1.60. The topological polar surface area (TPSA) is 52.0 Å². The number of nitrogens with zero attached hydrogens (tertiary/aromatic N) is 1. The number of hydrogen-bond donors (Lipinski definition) is 1. The molecule has 0 unspecified atom stereocenters. The molecule has 0 fully saturated rings. The SMILES string of the molecule is NCCCc1ncc(Cc2ccccc2)o1. The zero-order valence-electron chi connectivity index (χ0n) is 9.23. The Kier molecular flexibility index (Phi) is 3.72. The van der Waals surface area contributed by atoms with E-state index in [0.29, 0.717) is 6.54 Å². The molecule has 1 aromatic carbocycles. The Hall–Kier alpha value is -1.61. The minimum atomic E-state index is 0.677. The second-order valence-electron chi connectivity index (χ2n) is 3.77. The summed E-state index contributed by atoms with van der Waals surface area (Å²) >= 11 is 0. The molecule has 2 aromatic rings. The fourth-order valence-corrected chi connectivity index (χ4v) is 1.60. The van der Waals surface area contributed by atoms with Crippen molar-refractivity contribution < 1.29 is 4.42 Å². The smallest absolute Gasteiger partial charge is 0.194 e. The van der Waals surface area contributed by atoms with Gasteiger partial charge in [0.2, 0.25) is 0 Å². The van der Waals surface area contributed by atoms with Crippen molar-refractivity contribution in [3.63, 3.8) is 0 Å². The number of hydrogen-bond acceptors (Lipinski definition) is 3. The predicted octanol–water partition coefficient (Wildman–Crippen LogP) is 2.16. The van der Waals surface area contributed by atoms with Gasteiger partial charge in [0.1, 0.15) is 5.76 Å². The van der Waals surface area contributed by atoms with Crippen LogP contribution in [-0.4, -0.2) is 11.5 Å². The minimum Gasteiger partial charge on any atom is -0.445 e. The molecule has 2 N–H and O–H groups in total. The second-order valence-corrected chi connectivity index (χ2v) is 3.77. The lowest BCUT2D eigenvalue weighted by Crippen LogP contribution is -2.00. The molecule has 0 amide bonds. The van der Waals surface area contributed by atoms with Gasteiger partial charge in [-0.3, -0.25) is 0 Å². The molecule has 0 atom stereocenters. The molecule has 3 nitrogen and oxygen atoms in total. The van der Waals surface area contributed by atoms with E-state index in [1.165, 1.54) is 5.56 Å². The van der Waals surface area contributed by atoms with Crippen LogP contribution in [0.4, 0.5) is 0 Å². The third kappa shape index (κ3) is 2.94. The second kappa shape index (κ2) is 5.47. The molecule has 16 heavy (non-hydrogen) atoms. The van der Waals surface area contributed by atoms with Gasteiger partial charge in [0.25, 0.3) is 0 Å². The molecule has 0 aliphatic rings. The van der Waals surface area contributed by atoms with Crippen molar-refractivity contribution in [2.75, 3.05) is 6.54 Å². The maximum atomic E-state index is 5.62. The van der Waals surface area contributed by atoms with Crippen LogP contribution in [0, 0.1) is 0 Å². The average molecular weight is 216 g/mol.